The van der Waals surface area contributed by atoms with Crippen LogP contribution >= 0.6 is 0 Å². The van der Waals surface area contributed by atoms with Gasteiger partial charge in [0.2, 0.25) is 11.8 Å². The first kappa shape index (κ1) is 19.9. The lowest BCUT2D eigenvalue weighted by Crippen LogP contribution is -2.46. The maximum atomic E-state index is 12.7. The number of carbonyl (C=O) groups excluding carboxylic acids is 2. The molecule has 2 amide bonds. The minimum absolute atomic E-state index is 0.0119. The number of aliphatic hydroxyl groups excluding tert-OH is 1. The molecule has 4 rings (SSSR count). The van der Waals surface area contributed by atoms with Gasteiger partial charge in [-0.3, -0.25) is 9.59 Å². The van der Waals surface area contributed by atoms with E-state index in [-0.39, 0.29) is 31.2 Å². The summed E-state index contributed by atoms with van der Waals surface area (Å²) in [6.45, 7) is 2.26. The molecule has 1 aliphatic rings. The molecule has 0 spiro atoms. The molecule has 2 aromatic heterocycles. The number of aromatic nitrogens is 2. The summed E-state index contributed by atoms with van der Waals surface area (Å²) in [5.41, 5.74) is 3.83. The van der Waals surface area contributed by atoms with E-state index in [9.17, 15) is 14.7 Å². The number of likely N-dealkylation sites (tertiary alicyclic amines) is 1. The Morgan fingerprint density at radius 1 is 1.27 bits per heavy atom. The van der Waals surface area contributed by atoms with Crippen molar-refractivity contribution >= 4 is 11.8 Å². The molecular formula is C22H24N4O4. The summed E-state index contributed by atoms with van der Waals surface area (Å²) in [7, 11) is 0. The van der Waals surface area contributed by atoms with Crippen molar-refractivity contribution in [3.63, 3.8) is 0 Å². The second-order valence-corrected chi connectivity index (χ2v) is 7.58. The van der Waals surface area contributed by atoms with Crippen molar-refractivity contribution in [2.45, 2.75) is 38.5 Å². The lowest BCUT2D eigenvalue weighted by atomic mass is 10.1. The Morgan fingerprint density at radius 2 is 2.07 bits per heavy atom. The number of aromatic amines is 1. The zero-order valence-corrected chi connectivity index (χ0v) is 16.7. The molecule has 0 radical (unpaired) electrons. The third kappa shape index (κ3) is 4.44. The Hall–Kier alpha value is -3.39. The first-order chi connectivity index (χ1) is 14.5. The smallest absolute Gasteiger partial charge is 0.243 e. The van der Waals surface area contributed by atoms with E-state index in [2.05, 4.69) is 15.5 Å². The highest BCUT2D eigenvalue weighted by atomic mass is 16.5. The van der Waals surface area contributed by atoms with Crippen molar-refractivity contribution < 1.29 is 19.2 Å². The van der Waals surface area contributed by atoms with Crippen LogP contribution in [0.3, 0.4) is 0 Å². The zero-order valence-electron chi connectivity index (χ0n) is 16.7. The molecule has 8 nitrogen and oxygen atoms in total. The first-order valence-corrected chi connectivity index (χ1v) is 9.89. The summed E-state index contributed by atoms with van der Waals surface area (Å²) in [6.07, 6.45) is 3.31. The van der Waals surface area contributed by atoms with Gasteiger partial charge in [0.05, 0.1) is 18.2 Å². The molecule has 3 aromatic rings. The number of hydrogen-bond donors (Lipinski definition) is 3. The number of hydrogen-bond acceptors (Lipinski definition) is 5. The summed E-state index contributed by atoms with van der Waals surface area (Å²) >= 11 is 0. The third-order valence-corrected chi connectivity index (χ3v) is 5.26. The maximum absolute atomic E-state index is 12.7. The van der Waals surface area contributed by atoms with Crippen molar-refractivity contribution in [3.05, 3.63) is 65.8 Å². The predicted octanol–water partition coefficient (Wildman–Crippen LogP) is 1.80. The van der Waals surface area contributed by atoms with Crippen LogP contribution in [0.1, 0.15) is 23.4 Å². The minimum Gasteiger partial charge on any atom is -0.391 e. The van der Waals surface area contributed by atoms with Crippen LogP contribution < -0.4 is 5.32 Å². The summed E-state index contributed by atoms with van der Waals surface area (Å²) in [5, 5.41) is 16.7. The molecule has 3 N–H and O–H groups in total. The molecule has 30 heavy (non-hydrogen) atoms. The Balaban J connectivity index is 1.36. The second kappa shape index (κ2) is 8.54. The van der Waals surface area contributed by atoms with Gasteiger partial charge in [-0.25, -0.2) is 0 Å². The van der Waals surface area contributed by atoms with Crippen LogP contribution in [-0.2, 0) is 22.6 Å². The fraction of sp³-hybridized carbons (Fsp3) is 0.318. The van der Waals surface area contributed by atoms with E-state index in [0.29, 0.717) is 18.0 Å². The lowest BCUT2D eigenvalue weighted by molar-refractivity contribution is -0.138. The number of rotatable bonds is 6. The summed E-state index contributed by atoms with van der Waals surface area (Å²) < 4.78 is 5.10. The predicted molar refractivity (Wildman–Crippen MR) is 109 cm³/mol. The Labute approximate surface area is 173 Å². The van der Waals surface area contributed by atoms with Crippen molar-refractivity contribution in [1.29, 1.82) is 0 Å². The van der Waals surface area contributed by atoms with Crippen molar-refractivity contribution in [2.75, 3.05) is 6.54 Å². The van der Waals surface area contributed by atoms with Crippen LogP contribution in [-0.4, -0.2) is 50.7 Å². The standard InChI is InChI=1S/C22H24N4O4/c1-14-8-19(30-25-14)10-21(28)26-13-18(27)9-20(26)22(29)24-11-15-2-4-16(5-3-15)17-6-7-23-12-17/h2-8,12,18,20,23,27H,9-11,13H2,1H3,(H,24,29)/t18-,20+/m1/s1. The molecule has 1 aromatic carbocycles. The molecule has 0 unspecified atom stereocenters. The number of benzene rings is 1. The van der Waals surface area contributed by atoms with E-state index in [0.717, 1.165) is 16.7 Å². The molecule has 1 aliphatic heterocycles. The van der Waals surface area contributed by atoms with Crippen LogP contribution in [0.5, 0.6) is 0 Å². The van der Waals surface area contributed by atoms with Gasteiger partial charge in [0.15, 0.2) is 0 Å². The lowest BCUT2D eigenvalue weighted by Gasteiger charge is -2.23. The van der Waals surface area contributed by atoms with Crippen LogP contribution in [0, 0.1) is 6.92 Å². The van der Waals surface area contributed by atoms with E-state index in [1.165, 1.54) is 4.90 Å². The number of aliphatic hydroxyl groups is 1. The number of β-amino-alcohol motifs (C(OH)–C–C–N with tert-alkyl or cyclic N) is 1. The van der Waals surface area contributed by atoms with E-state index in [1.54, 1.807) is 13.0 Å². The van der Waals surface area contributed by atoms with Crippen LogP contribution in [0.2, 0.25) is 0 Å². The van der Waals surface area contributed by atoms with Crippen LogP contribution in [0.4, 0.5) is 0 Å². The van der Waals surface area contributed by atoms with E-state index < -0.39 is 12.1 Å². The highest BCUT2D eigenvalue weighted by Crippen LogP contribution is 2.21. The fourth-order valence-electron chi connectivity index (χ4n) is 3.71. The SMILES string of the molecule is Cc1cc(CC(=O)N2C[C@H](O)C[C@H]2C(=O)NCc2ccc(-c3cc[nH]c3)cc2)on1. The van der Waals surface area contributed by atoms with Crippen molar-refractivity contribution in [1.82, 2.24) is 20.4 Å². The van der Waals surface area contributed by atoms with Gasteiger partial charge in [-0.15, -0.1) is 0 Å². The average Bonchev–Trinajstić information content (AvgIpc) is 3.48. The molecule has 1 saturated heterocycles. The van der Waals surface area contributed by atoms with E-state index in [4.69, 9.17) is 4.52 Å². The van der Waals surface area contributed by atoms with Gasteiger partial charge < -0.3 is 24.8 Å². The van der Waals surface area contributed by atoms with Gasteiger partial charge in [0, 0.05) is 38.0 Å². The minimum atomic E-state index is -0.721. The van der Waals surface area contributed by atoms with Gasteiger partial charge in [0.1, 0.15) is 11.8 Å². The van der Waals surface area contributed by atoms with Crippen LogP contribution in [0.15, 0.2) is 53.3 Å². The van der Waals surface area contributed by atoms with Gasteiger partial charge in [-0.2, -0.15) is 0 Å². The second-order valence-electron chi connectivity index (χ2n) is 7.58. The number of nitrogens with one attached hydrogen (secondary N) is 2. The number of nitrogens with zero attached hydrogens (tertiary/aromatic N) is 2. The van der Waals surface area contributed by atoms with Crippen LogP contribution in [0.25, 0.3) is 11.1 Å². The Bertz CT molecular complexity index is 1010. The third-order valence-electron chi connectivity index (χ3n) is 5.26. The largest absolute Gasteiger partial charge is 0.391 e. The summed E-state index contributed by atoms with van der Waals surface area (Å²) in [6, 6.07) is 10.9. The average molecular weight is 408 g/mol. The highest BCUT2D eigenvalue weighted by molar-refractivity contribution is 5.89. The van der Waals surface area contributed by atoms with E-state index >= 15 is 0 Å². The van der Waals surface area contributed by atoms with Crippen molar-refractivity contribution in [2.24, 2.45) is 0 Å². The van der Waals surface area contributed by atoms with Gasteiger partial charge in [0.25, 0.3) is 0 Å². The molecule has 156 valence electrons. The molecule has 2 atom stereocenters. The number of H-pyrrole nitrogens is 1. The molecule has 0 saturated carbocycles. The van der Waals surface area contributed by atoms with Gasteiger partial charge in [-0.05, 0) is 29.7 Å². The molecule has 8 heteroatoms. The fourth-order valence-corrected chi connectivity index (χ4v) is 3.71. The molecule has 1 fully saturated rings. The normalized spacial score (nSPS) is 18.5. The number of carbonyl (C=O) groups is 2. The monoisotopic (exact) mass is 408 g/mol. The molecule has 3 heterocycles. The van der Waals surface area contributed by atoms with E-state index in [1.807, 2.05) is 42.7 Å². The summed E-state index contributed by atoms with van der Waals surface area (Å²) in [4.78, 5) is 29.8. The topological polar surface area (TPSA) is 111 Å². The van der Waals surface area contributed by atoms with Crippen molar-refractivity contribution in [3.8, 4) is 11.1 Å². The first-order valence-electron chi connectivity index (χ1n) is 9.89. The Kier molecular flexibility index (Phi) is 5.67. The van der Waals surface area contributed by atoms with Gasteiger partial charge in [-0.1, -0.05) is 29.4 Å². The number of aryl methyl sites for hydroxylation is 1. The zero-order chi connectivity index (χ0) is 21.1. The quantitative estimate of drug-likeness (QED) is 0.576. The maximum Gasteiger partial charge on any atom is 0.243 e. The molecule has 0 bridgehead atoms. The number of amides is 2. The molecular weight excluding hydrogens is 384 g/mol. The highest BCUT2D eigenvalue weighted by Gasteiger charge is 2.38. The summed E-state index contributed by atoms with van der Waals surface area (Å²) in [5.74, 6) is -0.0948. The molecule has 0 aliphatic carbocycles. The van der Waals surface area contributed by atoms with Gasteiger partial charge >= 0.3 is 0 Å². The Morgan fingerprint density at radius 3 is 2.73 bits per heavy atom.